The molecule has 0 aliphatic heterocycles. The SMILES string of the molecule is Cc1cnc(C(C)NC(=O)c2ccnc(CN)c2)o1.Cl. The van der Waals surface area contributed by atoms with Gasteiger partial charge in [0.25, 0.3) is 5.91 Å². The second kappa shape index (κ2) is 7.02. The molecule has 0 saturated heterocycles. The number of nitrogens with one attached hydrogen (secondary N) is 1. The average molecular weight is 297 g/mol. The Labute approximate surface area is 123 Å². The molecule has 0 fully saturated rings. The number of nitrogens with two attached hydrogens (primary N) is 1. The van der Waals surface area contributed by atoms with Crippen molar-refractivity contribution < 1.29 is 9.21 Å². The highest BCUT2D eigenvalue weighted by Crippen LogP contribution is 2.13. The molecule has 7 heteroatoms. The first-order valence-electron chi connectivity index (χ1n) is 5.98. The monoisotopic (exact) mass is 296 g/mol. The van der Waals surface area contributed by atoms with Gasteiger partial charge in [0.15, 0.2) is 0 Å². The van der Waals surface area contributed by atoms with E-state index >= 15 is 0 Å². The Balaban J connectivity index is 0.00000200. The van der Waals surface area contributed by atoms with Gasteiger partial charge in [-0.2, -0.15) is 0 Å². The van der Waals surface area contributed by atoms with Crippen LogP contribution in [-0.2, 0) is 6.54 Å². The second-order valence-corrected chi connectivity index (χ2v) is 4.24. The molecule has 2 heterocycles. The molecule has 0 radical (unpaired) electrons. The largest absolute Gasteiger partial charge is 0.444 e. The van der Waals surface area contributed by atoms with Crippen LogP contribution in [0.3, 0.4) is 0 Å². The van der Waals surface area contributed by atoms with Gasteiger partial charge in [-0.3, -0.25) is 9.78 Å². The van der Waals surface area contributed by atoms with Crippen LogP contribution in [-0.4, -0.2) is 15.9 Å². The molecule has 0 aliphatic rings. The molecule has 0 aliphatic carbocycles. The number of oxazole rings is 1. The Morgan fingerprint density at radius 1 is 1.50 bits per heavy atom. The number of pyridine rings is 1. The van der Waals surface area contributed by atoms with Crippen LogP contribution < -0.4 is 11.1 Å². The highest BCUT2D eigenvalue weighted by atomic mass is 35.5. The van der Waals surface area contributed by atoms with E-state index < -0.39 is 0 Å². The molecule has 0 aromatic carbocycles. The summed E-state index contributed by atoms with van der Waals surface area (Å²) < 4.78 is 5.37. The summed E-state index contributed by atoms with van der Waals surface area (Å²) in [6, 6.07) is 3.01. The van der Waals surface area contributed by atoms with Crippen LogP contribution in [0.15, 0.2) is 28.9 Å². The molecule has 3 N–H and O–H groups in total. The van der Waals surface area contributed by atoms with Crippen LogP contribution >= 0.6 is 12.4 Å². The molecule has 6 nitrogen and oxygen atoms in total. The van der Waals surface area contributed by atoms with E-state index in [4.69, 9.17) is 10.2 Å². The molecule has 108 valence electrons. The van der Waals surface area contributed by atoms with E-state index in [-0.39, 0.29) is 24.4 Å². The Bertz CT molecular complexity index is 585. The lowest BCUT2D eigenvalue weighted by molar-refractivity contribution is 0.0933. The molecular weight excluding hydrogens is 280 g/mol. The van der Waals surface area contributed by atoms with Gasteiger partial charge < -0.3 is 15.5 Å². The first-order chi connectivity index (χ1) is 9.10. The Morgan fingerprint density at radius 2 is 2.25 bits per heavy atom. The van der Waals surface area contributed by atoms with Gasteiger partial charge in [-0.25, -0.2) is 4.98 Å². The number of halogens is 1. The lowest BCUT2D eigenvalue weighted by atomic mass is 10.2. The number of aromatic nitrogens is 2. The number of nitrogens with zero attached hydrogens (tertiary/aromatic N) is 2. The molecule has 0 spiro atoms. The van der Waals surface area contributed by atoms with Gasteiger partial charge in [0.1, 0.15) is 11.8 Å². The summed E-state index contributed by atoms with van der Waals surface area (Å²) in [6.45, 7) is 3.92. The van der Waals surface area contributed by atoms with Gasteiger partial charge >= 0.3 is 0 Å². The summed E-state index contributed by atoms with van der Waals surface area (Å²) in [7, 11) is 0. The molecule has 1 atom stereocenters. The van der Waals surface area contributed by atoms with Gasteiger partial charge in [0.05, 0.1) is 11.9 Å². The summed E-state index contributed by atoms with van der Waals surface area (Å²) in [5.74, 6) is 0.991. The smallest absolute Gasteiger partial charge is 0.252 e. The predicted molar refractivity (Wildman–Crippen MR) is 76.5 cm³/mol. The minimum Gasteiger partial charge on any atom is -0.444 e. The van der Waals surface area contributed by atoms with Crippen molar-refractivity contribution in [1.29, 1.82) is 0 Å². The first-order valence-corrected chi connectivity index (χ1v) is 5.98. The van der Waals surface area contributed by atoms with Crippen LogP contribution in [0.25, 0.3) is 0 Å². The number of amides is 1. The number of carbonyl (C=O) groups is 1. The molecule has 2 aromatic heterocycles. The molecule has 1 amide bonds. The van der Waals surface area contributed by atoms with Gasteiger partial charge in [-0.15, -0.1) is 12.4 Å². The number of rotatable bonds is 4. The molecule has 0 bridgehead atoms. The summed E-state index contributed by atoms with van der Waals surface area (Å²) >= 11 is 0. The van der Waals surface area contributed by atoms with E-state index in [1.54, 1.807) is 31.5 Å². The van der Waals surface area contributed by atoms with Gasteiger partial charge in [0, 0.05) is 18.3 Å². The summed E-state index contributed by atoms with van der Waals surface area (Å²) in [5.41, 5.74) is 6.69. The molecule has 20 heavy (non-hydrogen) atoms. The highest BCUT2D eigenvalue weighted by Gasteiger charge is 2.15. The van der Waals surface area contributed by atoms with E-state index in [1.165, 1.54) is 0 Å². The van der Waals surface area contributed by atoms with E-state index in [1.807, 2.05) is 6.92 Å². The van der Waals surface area contributed by atoms with Gasteiger partial charge in [0.2, 0.25) is 5.89 Å². The fraction of sp³-hybridized carbons (Fsp3) is 0.308. The highest BCUT2D eigenvalue weighted by molar-refractivity contribution is 5.94. The van der Waals surface area contributed by atoms with Crippen LogP contribution in [0, 0.1) is 6.92 Å². The molecule has 2 aromatic rings. The molecule has 0 saturated carbocycles. The maximum absolute atomic E-state index is 12.1. The minimum atomic E-state index is -0.296. The third kappa shape index (κ3) is 3.79. The van der Waals surface area contributed by atoms with E-state index in [2.05, 4.69) is 15.3 Å². The summed E-state index contributed by atoms with van der Waals surface area (Å²) in [4.78, 5) is 20.2. The van der Waals surface area contributed by atoms with E-state index in [9.17, 15) is 4.79 Å². The Morgan fingerprint density at radius 3 is 2.85 bits per heavy atom. The minimum absolute atomic E-state index is 0. The van der Waals surface area contributed by atoms with Crippen LogP contribution in [0.2, 0.25) is 0 Å². The van der Waals surface area contributed by atoms with Crippen molar-refractivity contribution in [2.24, 2.45) is 5.73 Å². The van der Waals surface area contributed by atoms with Crippen LogP contribution in [0.4, 0.5) is 0 Å². The second-order valence-electron chi connectivity index (χ2n) is 4.24. The van der Waals surface area contributed by atoms with Crippen molar-refractivity contribution in [3.63, 3.8) is 0 Å². The van der Waals surface area contributed by atoms with Gasteiger partial charge in [-0.05, 0) is 26.0 Å². The zero-order valence-electron chi connectivity index (χ0n) is 11.3. The predicted octanol–water partition coefficient (Wildman–Crippen LogP) is 1.75. The third-order valence-electron chi connectivity index (χ3n) is 2.65. The summed E-state index contributed by atoms with van der Waals surface area (Å²) in [5, 5.41) is 2.81. The number of aryl methyl sites for hydroxylation is 1. The third-order valence-corrected chi connectivity index (χ3v) is 2.65. The van der Waals surface area contributed by atoms with Crippen molar-refractivity contribution in [3.05, 3.63) is 47.4 Å². The topological polar surface area (TPSA) is 94.0 Å². The van der Waals surface area contributed by atoms with Crippen molar-refractivity contribution in [2.45, 2.75) is 26.4 Å². The number of hydrogen-bond donors (Lipinski definition) is 2. The zero-order valence-corrected chi connectivity index (χ0v) is 12.1. The lowest BCUT2D eigenvalue weighted by Crippen LogP contribution is -2.27. The Hall–Kier alpha value is -1.92. The number of hydrogen-bond acceptors (Lipinski definition) is 5. The van der Waals surface area contributed by atoms with Crippen molar-refractivity contribution >= 4 is 18.3 Å². The lowest BCUT2D eigenvalue weighted by Gasteiger charge is -2.10. The van der Waals surface area contributed by atoms with Crippen LogP contribution in [0.1, 0.15) is 40.7 Å². The zero-order chi connectivity index (χ0) is 13.8. The number of carbonyl (C=O) groups excluding carboxylic acids is 1. The molecular formula is C13H17ClN4O2. The molecule has 1 unspecified atom stereocenters. The Kier molecular flexibility index (Phi) is 5.66. The standard InChI is InChI=1S/C13H16N4O2.ClH/c1-8-7-16-13(19-8)9(2)17-12(18)10-3-4-15-11(5-10)6-14;/h3-5,7,9H,6,14H2,1-2H3,(H,17,18);1H. The fourth-order valence-electron chi connectivity index (χ4n) is 1.65. The van der Waals surface area contributed by atoms with Gasteiger partial charge in [-0.1, -0.05) is 0 Å². The van der Waals surface area contributed by atoms with Crippen LogP contribution in [0.5, 0.6) is 0 Å². The maximum atomic E-state index is 12.1. The van der Waals surface area contributed by atoms with E-state index in [0.29, 0.717) is 29.5 Å². The average Bonchev–Trinajstić information content (AvgIpc) is 2.85. The summed E-state index contributed by atoms with van der Waals surface area (Å²) in [6.07, 6.45) is 3.19. The van der Waals surface area contributed by atoms with Crippen molar-refractivity contribution in [3.8, 4) is 0 Å². The normalized spacial score (nSPS) is 11.6. The first kappa shape index (κ1) is 16.1. The van der Waals surface area contributed by atoms with Crippen molar-refractivity contribution in [1.82, 2.24) is 15.3 Å². The fourth-order valence-corrected chi connectivity index (χ4v) is 1.65. The maximum Gasteiger partial charge on any atom is 0.252 e. The van der Waals surface area contributed by atoms with E-state index in [0.717, 1.165) is 0 Å². The van der Waals surface area contributed by atoms with Crippen molar-refractivity contribution in [2.75, 3.05) is 0 Å². The molecule has 2 rings (SSSR count). The quantitative estimate of drug-likeness (QED) is 0.896.